The lowest BCUT2D eigenvalue weighted by Crippen LogP contribution is -2.42. The monoisotopic (exact) mass is 549 g/mol. The quantitative estimate of drug-likeness (QED) is 0.254. The first kappa shape index (κ1) is 30.0. The molecule has 2 aliphatic rings. The molecule has 0 aliphatic carbocycles. The van der Waals surface area contributed by atoms with Crippen LogP contribution in [0.3, 0.4) is 0 Å². The summed E-state index contributed by atoms with van der Waals surface area (Å²) in [5, 5.41) is 51.4. The molecule has 0 amide bonds. The molecule has 0 atom stereocenters. The van der Waals surface area contributed by atoms with Gasteiger partial charge in [-0.3, -0.25) is 19.4 Å². The number of aliphatic hydroxyl groups is 2. The van der Waals surface area contributed by atoms with Gasteiger partial charge in [-0.1, -0.05) is 6.07 Å². The number of benzene rings is 1. The van der Waals surface area contributed by atoms with Crippen molar-refractivity contribution in [3.8, 4) is 5.75 Å². The number of likely N-dealkylation sites (tertiary alicyclic amines) is 1. The highest BCUT2D eigenvalue weighted by atomic mass is 16.5. The van der Waals surface area contributed by atoms with Crippen molar-refractivity contribution in [3.05, 3.63) is 41.0 Å². The molecule has 39 heavy (non-hydrogen) atoms. The molecule has 5 N–H and O–H groups in total. The summed E-state index contributed by atoms with van der Waals surface area (Å²) in [5.74, 6) is -2.44. The number of methoxy groups -OCH3 is 1. The van der Waals surface area contributed by atoms with E-state index in [4.69, 9.17) is 25.2 Å². The molecule has 3 heterocycles. The molecule has 1 aromatic heterocycles. The minimum absolute atomic E-state index is 0.0503. The van der Waals surface area contributed by atoms with Gasteiger partial charge in [0, 0.05) is 31.7 Å². The number of nitrogens with zero attached hydrogens (tertiary/aromatic N) is 5. The smallest absolute Gasteiger partial charge is 0.336 e. The van der Waals surface area contributed by atoms with Gasteiger partial charge in [-0.05, 0) is 43.6 Å². The van der Waals surface area contributed by atoms with Crippen molar-refractivity contribution < 1.29 is 44.7 Å². The molecule has 0 bridgehead atoms. The van der Waals surface area contributed by atoms with Crippen LogP contribution in [0, 0.1) is 0 Å². The molecule has 0 saturated carbocycles. The van der Waals surface area contributed by atoms with Crippen molar-refractivity contribution in [2.75, 3.05) is 26.7 Å². The van der Waals surface area contributed by atoms with Crippen LogP contribution in [0.2, 0.25) is 0 Å². The van der Waals surface area contributed by atoms with Crippen molar-refractivity contribution in [2.45, 2.75) is 64.1 Å². The molecule has 0 radical (unpaired) electrons. The highest BCUT2D eigenvalue weighted by Gasteiger charge is 2.40. The minimum atomic E-state index is -2.74. The second-order valence-electron chi connectivity index (χ2n) is 9.66. The number of hydrogen-bond acceptors (Lipinski definition) is 10. The molecule has 2 aromatic rings. The second kappa shape index (κ2) is 13.5. The van der Waals surface area contributed by atoms with Crippen molar-refractivity contribution in [2.24, 2.45) is 0 Å². The van der Waals surface area contributed by atoms with E-state index in [2.05, 4.69) is 38.2 Å². The number of carbonyl (C=O) groups is 3. The largest absolute Gasteiger partial charge is 0.496 e. The van der Waals surface area contributed by atoms with Crippen LogP contribution in [0.25, 0.3) is 0 Å². The number of ether oxygens (including phenoxy) is 1. The number of rotatable bonds is 11. The van der Waals surface area contributed by atoms with E-state index >= 15 is 0 Å². The molecular weight excluding hydrogens is 514 g/mol. The van der Waals surface area contributed by atoms with E-state index < -0.39 is 36.4 Å². The van der Waals surface area contributed by atoms with Crippen LogP contribution in [0.4, 0.5) is 0 Å². The number of aliphatic hydroxyl groups excluding tert-OH is 1. The molecule has 214 valence electrons. The third kappa shape index (κ3) is 8.20. The molecule has 14 nitrogen and oxygen atoms in total. The zero-order valence-corrected chi connectivity index (χ0v) is 21.8. The second-order valence-corrected chi connectivity index (χ2v) is 9.66. The van der Waals surface area contributed by atoms with Gasteiger partial charge in [0.2, 0.25) is 0 Å². The van der Waals surface area contributed by atoms with E-state index in [0.29, 0.717) is 5.82 Å². The number of fused-ring (bicyclic) bond motifs is 1. The zero-order valence-electron chi connectivity index (χ0n) is 21.8. The van der Waals surface area contributed by atoms with Gasteiger partial charge in [0.15, 0.2) is 11.4 Å². The van der Waals surface area contributed by atoms with Crippen molar-refractivity contribution in [1.29, 1.82) is 0 Å². The topological polar surface area (TPSA) is 199 Å². The number of aliphatic carboxylic acids is 3. The molecule has 2 aliphatic heterocycles. The van der Waals surface area contributed by atoms with E-state index in [1.54, 1.807) is 7.11 Å². The van der Waals surface area contributed by atoms with Crippen LogP contribution in [0.5, 0.6) is 5.75 Å². The lowest BCUT2D eigenvalue weighted by Gasteiger charge is -2.28. The van der Waals surface area contributed by atoms with Gasteiger partial charge in [-0.25, -0.2) is 4.79 Å². The molecule has 14 heteroatoms. The molecule has 0 spiro atoms. The number of carboxylic acids is 3. The van der Waals surface area contributed by atoms with Gasteiger partial charge in [0.05, 0.1) is 26.5 Å². The average Bonchev–Trinajstić information content (AvgIpc) is 3.53. The van der Waals surface area contributed by atoms with E-state index in [9.17, 15) is 19.5 Å². The molecular formula is C25H35N5O9. The Balaban J connectivity index is 0.000000276. The van der Waals surface area contributed by atoms with Crippen LogP contribution in [0.15, 0.2) is 18.2 Å². The summed E-state index contributed by atoms with van der Waals surface area (Å²) in [4.78, 5) is 35.4. The van der Waals surface area contributed by atoms with Crippen LogP contribution >= 0.6 is 0 Å². The average molecular weight is 550 g/mol. The fourth-order valence-corrected chi connectivity index (χ4v) is 4.73. The molecule has 4 rings (SSSR count). The van der Waals surface area contributed by atoms with Gasteiger partial charge < -0.3 is 34.8 Å². The highest BCUT2D eigenvalue weighted by molar-refractivity contribution is 5.88. The summed E-state index contributed by atoms with van der Waals surface area (Å²) in [6, 6.07) is 6.54. The predicted octanol–water partition coefficient (Wildman–Crippen LogP) is 0.142. The fraction of sp³-hybridized carbons (Fsp3) is 0.560. The molecule has 1 saturated heterocycles. The lowest BCUT2D eigenvalue weighted by atomic mass is 9.96. The third-order valence-corrected chi connectivity index (χ3v) is 6.68. The third-order valence-electron chi connectivity index (χ3n) is 6.68. The van der Waals surface area contributed by atoms with E-state index in [-0.39, 0.29) is 6.61 Å². The summed E-state index contributed by atoms with van der Waals surface area (Å²) >= 11 is 0. The molecule has 1 aromatic carbocycles. The maximum absolute atomic E-state index is 10.3. The van der Waals surface area contributed by atoms with E-state index in [0.717, 1.165) is 44.3 Å². The summed E-state index contributed by atoms with van der Waals surface area (Å²) in [7, 11) is 1.75. The van der Waals surface area contributed by atoms with Crippen LogP contribution in [-0.4, -0.2) is 100 Å². The Morgan fingerprint density at radius 2 is 1.62 bits per heavy atom. The fourth-order valence-electron chi connectivity index (χ4n) is 4.73. The first-order valence-electron chi connectivity index (χ1n) is 12.6. The SMILES string of the molecule is COc1ccc(CN2CCn3c(CO)nnc3C2)cc1CN1CCCC1.O=C(O)CC(O)(CC(=O)O)C(=O)O. The van der Waals surface area contributed by atoms with E-state index in [1.807, 2.05) is 4.57 Å². The zero-order chi connectivity index (χ0) is 28.6. The summed E-state index contributed by atoms with van der Waals surface area (Å²) in [6.45, 7) is 6.70. The Morgan fingerprint density at radius 1 is 0.949 bits per heavy atom. The Labute approximate surface area is 225 Å². The number of carboxylic acid groups (broad SMARTS) is 3. The van der Waals surface area contributed by atoms with Gasteiger partial charge in [0.1, 0.15) is 18.2 Å². The van der Waals surface area contributed by atoms with Crippen LogP contribution in [0.1, 0.15) is 48.5 Å². The van der Waals surface area contributed by atoms with Gasteiger partial charge in [0.25, 0.3) is 0 Å². The molecule has 0 unspecified atom stereocenters. The number of hydrogen-bond donors (Lipinski definition) is 5. The Morgan fingerprint density at radius 3 is 2.18 bits per heavy atom. The summed E-state index contributed by atoms with van der Waals surface area (Å²) < 4.78 is 7.61. The first-order chi connectivity index (χ1) is 18.5. The van der Waals surface area contributed by atoms with Gasteiger partial charge in [-0.15, -0.1) is 10.2 Å². The highest BCUT2D eigenvalue weighted by Crippen LogP contribution is 2.25. The van der Waals surface area contributed by atoms with Crippen molar-refractivity contribution in [3.63, 3.8) is 0 Å². The van der Waals surface area contributed by atoms with Crippen molar-refractivity contribution in [1.82, 2.24) is 24.6 Å². The Kier molecular flexibility index (Phi) is 10.3. The first-order valence-corrected chi connectivity index (χ1v) is 12.6. The van der Waals surface area contributed by atoms with Crippen molar-refractivity contribution >= 4 is 17.9 Å². The van der Waals surface area contributed by atoms with Gasteiger partial charge >= 0.3 is 17.9 Å². The predicted molar refractivity (Wildman–Crippen MR) is 135 cm³/mol. The maximum Gasteiger partial charge on any atom is 0.336 e. The van der Waals surface area contributed by atoms with E-state index in [1.165, 1.54) is 37.1 Å². The standard InChI is InChI=1S/C19H27N5O2.C6H8O7/c1-26-17-5-4-15(10-16(17)12-22-6-2-3-7-22)11-23-8-9-24-18(13-23)20-21-19(24)14-25;7-3(8)1-6(13,5(11)12)2-4(9)10/h4-5,10,25H,2-3,6-9,11-14H2,1H3;13H,1-2H2,(H,7,8)(H,9,10)(H,11,12). The molecule has 1 fully saturated rings. The van der Waals surface area contributed by atoms with Crippen LogP contribution < -0.4 is 4.74 Å². The lowest BCUT2D eigenvalue weighted by molar-refractivity contribution is -0.170. The minimum Gasteiger partial charge on any atom is -0.496 e. The summed E-state index contributed by atoms with van der Waals surface area (Å²) in [5.41, 5.74) is -0.164. The Bertz CT molecular complexity index is 1150. The Hall–Kier alpha value is -3.59. The normalized spacial score (nSPS) is 15.8. The number of aromatic nitrogens is 3. The summed E-state index contributed by atoms with van der Waals surface area (Å²) in [6.07, 6.45) is 0.307. The van der Waals surface area contributed by atoms with Gasteiger partial charge in [-0.2, -0.15) is 0 Å². The maximum atomic E-state index is 10.3. The van der Waals surface area contributed by atoms with Crippen LogP contribution in [-0.2, 0) is 47.2 Å².